The van der Waals surface area contributed by atoms with Crippen molar-refractivity contribution in [2.24, 2.45) is 11.1 Å². The van der Waals surface area contributed by atoms with E-state index in [9.17, 15) is 12.8 Å². The van der Waals surface area contributed by atoms with Crippen LogP contribution in [0.1, 0.15) is 11.7 Å². The molecule has 1 fully saturated rings. The van der Waals surface area contributed by atoms with Gasteiger partial charge in [0.1, 0.15) is 5.82 Å². The van der Waals surface area contributed by atoms with Crippen LogP contribution in [-0.2, 0) is 14.9 Å². The molecular weight excluding hydrogens is 321 g/mol. The zero-order chi connectivity index (χ0) is 15.5. The number of nitrogens with one attached hydrogen (secondary N) is 2. The third-order valence-corrected chi connectivity index (χ3v) is 4.09. The minimum Gasteiger partial charge on any atom is -0.372 e. The van der Waals surface area contributed by atoms with Gasteiger partial charge in [-0.15, -0.1) is 0 Å². The van der Waals surface area contributed by atoms with Crippen molar-refractivity contribution in [1.82, 2.24) is 10.0 Å². The molecule has 0 aliphatic carbocycles. The van der Waals surface area contributed by atoms with Gasteiger partial charge >= 0.3 is 0 Å². The largest absolute Gasteiger partial charge is 0.372 e. The molecule has 1 saturated heterocycles. The molecular formula is C12H17ClFN3O3S. The zero-order valence-electron chi connectivity index (χ0n) is 11.2. The normalized spacial score (nSPS) is 23.8. The Labute approximate surface area is 128 Å². The second-order valence-electron chi connectivity index (χ2n) is 4.82. The van der Waals surface area contributed by atoms with Crippen molar-refractivity contribution >= 4 is 21.8 Å². The third kappa shape index (κ3) is 4.87. The van der Waals surface area contributed by atoms with Crippen molar-refractivity contribution in [1.29, 1.82) is 0 Å². The first-order valence-electron chi connectivity index (χ1n) is 6.41. The van der Waals surface area contributed by atoms with Crippen LogP contribution in [0.5, 0.6) is 0 Å². The lowest BCUT2D eigenvalue weighted by atomic mass is 9.95. The van der Waals surface area contributed by atoms with E-state index < -0.39 is 22.1 Å². The van der Waals surface area contributed by atoms with E-state index in [-0.39, 0.29) is 17.5 Å². The van der Waals surface area contributed by atoms with E-state index in [1.807, 2.05) is 0 Å². The molecule has 1 heterocycles. The fourth-order valence-corrected chi connectivity index (χ4v) is 2.88. The first-order chi connectivity index (χ1) is 9.87. The van der Waals surface area contributed by atoms with Gasteiger partial charge in [0.15, 0.2) is 0 Å². The van der Waals surface area contributed by atoms with E-state index in [4.69, 9.17) is 21.5 Å². The molecule has 6 nitrogen and oxygen atoms in total. The van der Waals surface area contributed by atoms with Gasteiger partial charge in [0, 0.05) is 25.6 Å². The molecule has 2 unspecified atom stereocenters. The van der Waals surface area contributed by atoms with Gasteiger partial charge < -0.3 is 10.1 Å². The maximum absolute atomic E-state index is 13.3. The first kappa shape index (κ1) is 16.6. The van der Waals surface area contributed by atoms with Crippen molar-refractivity contribution in [3.8, 4) is 0 Å². The number of nitrogens with two attached hydrogens (primary N) is 1. The quantitative estimate of drug-likeness (QED) is 0.748. The van der Waals surface area contributed by atoms with Gasteiger partial charge in [0.05, 0.1) is 17.7 Å². The summed E-state index contributed by atoms with van der Waals surface area (Å²) in [5.41, 5.74) is 0.700. The molecule has 0 spiro atoms. The highest BCUT2D eigenvalue weighted by molar-refractivity contribution is 7.87. The maximum Gasteiger partial charge on any atom is 0.274 e. The van der Waals surface area contributed by atoms with Crippen LogP contribution in [0, 0.1) is 11.7 Å². The molecule has 0 radical (unpaired) electrons. The fourth-order valence-electron chi connectivity index (χ4n) is 2.25. The number of hydrogen-bond acceptors (Lipinski definition) is 4. The summed E-state index contributed by atoms with van der Waals surface area (Å²) in [4.78, 5) is 0. The predicted octanol–water partition coefficient (Wildman–Crippen LogP) is 0.549. The predicted molar refractivity (Wildman–Crippen MR) is 77.6 cm³/mol. The summed E-state index contributed by atoms with van der Waals surface area (Å²) in [5.74, 6) is -0.696. The van der Waals surface area contributed by atoms with Gasteiger partial charge in [0.2, 0.25) is 0 Å². The van der Waals surface area contributed by atoms with Crippen molar-refractivity contribution in [2.75, 3.05) is 26.2 Å². The third-order valence-electron chi connectivity index (χ3n) is 3.23. The smallest absolute Gasteiger partial charge is 0.274 e. The van der Waals surface area contributed by atoms with Crippen LogP contribution in [0.4, 0.5) is 4.39 Å². The Morgan fingerprint density at radius 1 is 1.52 bits per heavy atom. The summed E-state index contributed by atoms with van der Waals surface area (Å²) >= 11 is 5.79. The van der Waals surface area contributed by atoms with Crippen LogP contribution in [0.2, 0.25) is 5.02 Å². The van der Waals surface area contributed by atoms with Gasteiger partial charge in [-0.1, -0.05) is 17.7 Å². The molecule has 9 heteroatoms. The Hall–Kier alpha value is -0.770. The molecule has 1 aromatic rings. The van der Waals surface area contributed by atoms with Crippen molar-refractivity contribution < 1.29 is 17.5 Å². The van der Waals surface area contributed by atoms with Crippen molar-refractivity contribution in [3.63, 3.8) is 0 Å². The summed E-state index contributed by atoms with van der Waals surface area (Å²) < 4.78 is 43.3. The standard InChI is InChI=1S/C12H17ClFN3O3S/c13-10-5-8(1-2-11(10)14)12-9(6-16-3-4-20-12)7-17-21(15,18)19/h1-2,5,9,12,16-17H,3-4,6-7H2,(H2,15,18,19). The molecule has 118 valence electrons. The van der Waals surface area contributed by atoms with E-state index in [0.29, 0.717) is 25.3 Å². The van der Waals surface area contributed by atoms with Gasteiger partial charge in [-0.05, 0) is 17.7 Å². The van der Waals surface area contributed by atoms with Crippen molar-refractivity contribution in [2.45, 2.75) is 6.10 Å². The van der Waals surface area contributed by atoms with E-state index >= 15 is 0 Å². The van der Waals surface area contributed by atoms with Crippen LogP contribution >= 0.6 is 11.6 Å². The molecule has 0 saturated carbocycles. The molecule has 21 heavy (non-hydrogen) atoms. The molecule has 0 aromatic heterocycles. The van der Waals surface area contributed by atoms with Crippen LogP contribution < -0.4 is 15.2 Å². The first-order valence-corrected chi connectivity index (χ1v) is 8.34. The van der Waals surface area contributed by atoms with E-state index in [1.165, 1.54) is 12.1 Å². The molecule has 1 aliphatic heterocycles. The summed E-state index contributed by atoms with van der Waals surface area (Å²) in [7, 11) is -3.78. The highest BCUT2D eigenvalue weighted by Crippen LogP contribution is 2.29. The molecule has 0 amide bonds. The average Bonchev–Trinajstić information content (AvgIpc) is 2.64. The maximum atomic E-state index is 13.3. The SMILES string of the molecule is NS(=O)(=O)NCC1CNCCOC1c1ccc(F)c(Cl)c1. The topological polar surface area (TPSA) is 93.5 Å². The Kier molecular flexibility index (Phi) is 5.53. The van der Waals surface area contributed by atoms with Gasteiger partial charge in [-0.25, -0.2) is 14.3 Å². The molecule has 1 aliphatic rings. The average molecular weight is 338 g/mol. The van der Waals surface area contributed by atoms with Crippen LogP contribution in [0.3, 0.4) is 0 Å². The summed E-state index contributed by atoms with van der Waals surface area (Å²) in [6.45, 7) is 1.77. The molecule has 4 N–H and O–H groups in total. The highest BCUT2D eigenvalue weighted by atomic mass is 35.5. The Morgan fingerprint density at radius 2 is 2.29 bits per heavy atom. The van der Waals surface area contributed by atoms with E-state index in [0.717, 1.165) is 0 Å². The lowest BCUT2D eigenvalue weighted by Crippen LogP contribution is -2.39. The number of halogens is 2. The summed E-state index contributed by atoms with van der Waals surface area (Å²) in [6.07, 6.45) is -0.396. The number of benzene rings is 1. The summed E-state index contributed by atoms with van der Waals surface area (Å²) in [5, 5.41) is 8.11. The lowest BCUT2D eigenvalue weighted by Gasteiger charge is -2.25. The Bertz CT molecular complexity index is 599. The molecule has 1 aromatic carbocycles. The highest BCUT2D eigenvalue weighted by Gasteiger charge is 2.27. The molecule has 2 atom stereocenters. The number of hydrogen-bond donors (Lipinski definition) is 3. The molecule has 2 rings (SSSR count). The van der Waals surface area contributed by atoms with E-state index in [2.05, 4.69) is 10.0 Å². The lowest BCUT2D eigenvalue weighted by molar-refractivity contribution is 0.0322. The van der Waals surface area contributed by atoms with E-state index in [1.54, 1.807) is 6.07 Å². The van der Waals surface area contributed by atoms with Gasteiger partial charge in [0.25, 0.3) is 10.2 Å². The number of ether oxygens (including phenoxy) is 1. The zero-order valence-corrected chi connectivity index (χ0v) is 12.8. The fraction of sp³-hybridized carbons (Fsp3) is 0.500. The molecule has 0 bridgehead atoms. The summed E-state index contributed by atoms with van der Waals surface area (Å²) in [6, 6.07) is 4.35. The van der Waals surface area contributed by atoms with Crippen LogP contribution in [0.25, 0.3) is 0 Å². The minimum atomic E-state index is -3.78. The second-order valence-corrected chi connectivity index (χ2v) is 6.61. The van der Waals surface area contributed by atoms with Crippen LogP contribution in [-0.4, -0.2) is 34.7 Å². The minimum absolute atomic E-state index is 0.00598. The van der Waals surface area contributed by atoms with Gasteiger partial charge in [-0.3, -0.25) is 0 Å². The monoisotopic (exact) mass is 337 g/mol. The Morgan fingerprint density at radius 3 is 2.95 bits per heavy atom. The van der Waals surface area contributed by atoms with Gasteiger partial charge in [-0.2, -0.15) is 8.42 Å². The van der Waals surface area contributed by atoms with Crippen molar-refractivity contribution in [3.05, 3.63) is 34.6 Å². The second kappa shape index (κ2) is 6.99. The Balaban J connectivity index is 2.20. The van der Waals surface area contributed by atoms with Crippen LogP contribution in [0.15, 0.2) is 18.2 Å². The number of rotatable bonds is 4.